The van der Waals surface area contributed by atoms with Crippen molar-refractivity contribution in [3.8, 4) is 28.6 Å². The van der Waals surface area contributed by atoms with E-state index < -0.39 is 101 Å². The lowest BCUT2D eigenvalue weighted by Gasteiger charge is -2.31. The van der Waals surface area contributed by atoms with Gasteiger partial charge in [-0.3, -0.25) is 9.69 Å². The van der Waals surface area contributed by atoms with Gasteiger partial charge in [0.15, 0.2) is 5.75 Å². The van der Waals surface area contributed by atoms with E-state index in [1.165, 1.54) is 12.1 Å². The molecule has 1 aromatic heterocycles. The maximum atomic E-state index is 14.9. The number of hydrogen-bond donors (Lipinski definition) is 2. The second-order valence-electron chi connectivity index (χ2n) is 13.5. The number of benzene rings is 2. The minimum absolute atomic E-state index is 0.0483. The number of carbonyl (C=O) groups excluding carboxylic acids is 2. The van der Waals surface area contributed by atoms with Crippen molar-refractivity contribution in [2.45, 2.75) is 87.1 Å². The van der Waals surface area contributed by atoms with Gasteiger partial charge >= 0.3 is 36.3 Å². The molecule has 330 valence electrons. The van der Waals surface area contributed by atoms with Crippen LogP contribution in [0.2, 0.25) is 10.0 Å². The highest BCUT2D eigenvalue weighted by Crippen LogP contribution is 2.55. The van der Waals surface area contributed by atoms with E-state index in [-0.39, 0.29) is 53.5 Å². The van der Waals surface area contributed by atoms with Gasteiger partial charge in [-0.1, -0.05) is 29.3 Å². The molecule has 0 aliphatic heterocycles. The van der Waals surface area contributed by atoms with Gasteiger partial charge < -0.3 is 29.2 Å². The van der Waals surface area contributed by atoms with Crippen LogP contribution in [0.25, 0.3) is 16.8 Å². The lowest BCUT2D eigenvalue weighted by Crippen LogP contribution is -2.50. The van der Waals surface area contributed by atoms with Crippen LogP contribution in [0.3, 0.4) is 0 Å². The Morgan fingerprint density at radius 2 is 1.56 bits per heavy atom. The van der Waals surface area contributed by atoms with Crippen LogP contribution in [0.1, 0.15) is 54.4 Å². The SMILES string of the molecule is N#CC1(N(COC(O)OC2CCC(OC(=O)/C=C/C(=O)O)CC2)C(=O)c2cc(-c3cnn(-c4c(Cl)cc(C(F)(C(F)(F)F)C(F)(F)F)cc4OC(F)(F)F)c3)ccc2Cl)CC1. The number of alkyl halides is 10. The summed E-state index contributed by atoms with van der Waals surface area (Å²) < 4.78 is 156. The first kappa shape index (κ1) is 46.9. The third-order valence-electron chi connectivity index (χ3n) is 9.39. The molecule has 61 heavy (non-hydrogen) atoms. The van der Waals surface area contributed by atoms with E-state index in [9.17, 15) is 68.7 Å². The number of halogens is 12. The largest absolute Gasteiger partial charge is 0.573 e. The van der Waals surface area contributed by atoms with Crippen molar-refractivity contribution >= 4 is 41.0 Å². The molecule has 5 rings (SSSR count). The Morgan fingerprint density at radius 3 is 2.11 bits per heavy atom. The van der Waals surface area contributed by atoms with E-state index in [2.05, 4.69) is 9.84 Å². The Labute approximate surface area is 346 Å². The predicted octanol–water partition coefficient (Wildman–Crippen LogP) is 8.29. The predicted molar refractivity (Wildman–Crippen MR) is 186 cm³/mol. The molecular formula is C36H28Cl2F10N4O9. The summed E-state index contributed by atoms with van der Waals surface area (Å²) in [5, 5.41) is 31.4. The molecule has 2 aromatic carbocycles. The smallest absolute Gasteiger partial charge is 0.478 e. The summed E-state index contributed by atoms with van der Waals surface area (Å²) in [4.78, 5) is 37.3. The number of amides is 1. The molecule has 1 unspecified atom stereocenters. The molecule has 2 fully saturated rings. The maximum absolute atomic E-state index is 14.9. The van der Waals surface area contributed by atoms with E-state index in [0.29, 0.717) is 23.6 Å². The number of nitriles is 1. The summed E-state index contributed by atoms with van der Waals surface area (Å²) in [5.41, 5.74) is -11.3. The first-order valence-corrected chi connectivity index (χ1v) is 18.1. The van der Waals surface area contributed by atoms with Crippen LogP contribution in [0, 0.1) is 11.3 Å². The minimum atomic E-state index is -6.71. The standard InChI is InChI=1S/C36H28Cl2F10N4O9/c37-24-6-1-18(19-14-50-52(15-19)29-25(38)12-20(13-26(29)61-36(46,47)48)33(39,34(40,41)42)35(43,44)45)11-23(24)30(56)51(32(16-49)9-10-32)17-58-31(57)60-22-4-2-21(3-5-22)59-28(55)8-7-27(53)54/h1,6-8,11-15,21-22,31,57H,2-5,9-10,17H2,(H,53,54)/b8-7+. The molecule has 2 saturated carbocycles. The highest BCUT2D eigenvalue weighted by molar-refractivity contribution is 6.34. The van der Waals surface area contributed by atoms with Gasteiger partial charge in [-0.15, -0.1) is 13.2 Å². The van der Waals surface area contributed by atoms with Gasteiger partial charge in [0.2, 0.25) is 0 Å². The molecule has 1 heterocycles. The number of carboxylic acid groups (broad SMARTS) is 1. The van der Waals surface area contributed by atoms with Crippen LogP contribution < -0.4 is 4.74 Å². The van der Waals surface area contributed by atoms with Gasteiger partial charge in [0.1, 0.15) is 24.1 Å². The van der Waals surface area contributed by atoms with Crippen LogP contribution in [-0.4, -0.2) is 92.4 Å². The highest BCUT2D eigenvalue weighted by atomic mass is 35.5. The van der Waals surface area contributed by atoms with Crippen molar-refractivity contribution < 1.29 is 87.4 Å². The molecule has 13 nitrogen and oxygen atoms in total. The molecule has 0 saturated heterocycles. The van der Waals surface area contributed by atoms with Crippen LogP contribution in [0.5, 0.6) is 5.75 Å². The van der Waals surface area contributed by atoms with Gasteiger partial charge in [-0.2, -0.15) is 36.7 Å². The number of aromatic nitrogens is 2. The number of aliphatic hydroxyl groups is 1. The molecule has 3 aromatic rings. The first-order valence-electron chi connectivity index (χ1n) is 17.4. The molecule has 1 amide bonds. The Balaban J connectivity index is 1.35. The lowest BCUT2D eigenvalue weighted by atomic mass is 9.93. The topological polar surface area (TPSA) is 173 Å². The Kier molecular flexibility index (Phi) is 13.6. The maximum Gasteiger partial charge on any atom is 0.573 e. The van der Waals surface area contributed by atoms with Crippen molar-refractivity contribution in [3.63, 3.8) is 0 Å². The minimum Gasteiger partial charge on any atom is -0.478 e. The Bertz CT molecular complexity index is 2200. The number of aliphatic hydroxyl groups excluding tert-OH is 1. The second-order valence-corrected chi connectivity index (χ2v) is 14.3. The number of carbonyl (C=O) groups is 3. The van der Waals surface area contributed by atoms with Gasteiger partial charge in [-0.05, 0) is 68.4 Å². The zero-order chi connectivity index (χ0) is 45.3. The van der Waals surface area contributed by atoms with Gasteiger partial charge in [0, 0.05) is 29.5 Å². The molecule has 0 bridgehead atoms. The molecule has 0 spiro atoms. The van der Waals surface area contributed by atoms with Gasteiger partial charge in [-0.25, -0.2) is 18.7 Å². The van der Waals surface area contributed by atoms with Crippen LogP contribution in [-0.2, 0) is 29.5 Å². The lowest BCUT2D eigenvalue weighted by molar-refractivity contribution is -0.348. The number of esters is 1. The monoisotopic (exact) mass is 920 g/mol. The summed E-state index contributed by atoms with van der Waals surface area (Å²) in [5.74, 6) is -4.89. The molecular weight excluding hydrogens is 893 g/mol. The van der Waals surface area contributed by atoms with Crippen molar-refractivity contribution in [2.75, 3.05) is 6.73 Å². The second kappa shape index (κ2) is 17.7. The zero-order valence-electron chi connectivity index (χ0n) is 30.5. The average Bonchev–Trinajstić information content (AvgIpc) is 3.80. The molecule has 25 heteroatoms. The number of nitrogens with zero attached hydrogens (tertiary/aromatic N) is 4. The first-order chi connectivity index (χ1) is 28.3. The Hall–Kier alpha value is -5.15. The van der Waals surface area contributed by atoms with Crippen molar-refractivity contribution in [1.29, 1.82) is 5.26 Å². The average molecular weight is 922 g/mol. The molecule has 2 aliphatic carbocycles. The number of carboxylic acids is 1. The van der Waals surface area contributed by atoms with Crippen molar-refractivity contribution in [2.24, 2.45) is 0 Å². The molecule has 2 aliphatic rings. The normalized spacial score (nSPS) is 18.6. The number of rotatable bonds is 14. The van der Waals surface area contributed by atoms with Gasteiger partial charge in [0.25, 0.3) is 12.4 Å². The van der Waals surface area contributed by atoms with Crippen LogP contribution in [0.4, 0.5) is 43.9 Å². The quantitative estimate of drug-likeness (QED) is 0.0690. The molecule has 1 atom stereocenters. The highest BCUT2D eigenvalue weighted by Gasteiger charge is 2.73. The zero-order valence-corrected chi connectivity index (χ0v) is 32.0. The fraction of sp³-hybridized carbons (Fsp3) is 0.417. The Morgan fingerprint density at radius 1 is 0.934 bits per heavy atom. The number of hydrogen-bond acceptors (Lipinski definition) is 10. The fourth-order valence-electron chi connectivity index (χ4n) is 6.20. The number of ether oxygens (including phenoxy) is 4. The van der Waals surface area contributed by atoms with Crippen LogP contribution in [0.15, 0.2) is 54.9 Å². The third kappa shape index (κ3) is 10.7. The van der Waals surface area contributed by atoms with Crippen molar-refractivity contribution in [1.82, 2.24) is 14.7 Å². The van der Waals surface area contributed by atoms with Crippen LogP contribution >= 0.6 is 23.2 Å². The number of aliphatic carboxylic acids is 1. The fourth-order valence-corrected chi connectivity index (χ4v) is 6.70. The summed E-state index contributed by atoms with van der Waals surface area (Å²) in [6, 6.07) is 5.01. The summed E-state index contributed by atoms with van der Waals surface area (Å²) in [7, 11) is 0. The summed E-state index contributed by atoms with van der Waals surface area (Å²) >= 11 is 12.3. The summed E-state index contributed by atoms with van der Waals surface area (Å²) in [6.07, 6.45) is -15.5. The van der Waals surface area contributed by atoms with Crippen molar-refractivity contribution in [3.05, 3.63) is 76.0 Å². The molecule has 0 radical (unpaired) electrons. The van der Waals surface area contributed by atoms with E-state index >= 15 is 0 Å². The van der Waals surface area contributed by atoms with E-state index in [0.717, 1.165) is 29.4 Å². The van der Waals surface area contributed by atoms with E-state index in [1.807, 2.05) is 6.07 Å². The third-order valence-corrected chi connectivity index (χ3v) is 10.0. The summed E-state index contributed by atoms with van der Waals surface area (Å²) in [6.45, 7) is -2.63. The van der Waals surface area contributed by atoms with Gasteiger partial charge in [0.05, 0.1) is 34.0 Å². The van der Waals surface area contributed by atoms with E-state index in [1.54, 1.807) is 0 Å². The molecule has 2 N–H and O–H groups in total. The van der Waals surface area contributed by atoms with E-state index in [4.69, 9.17) is 42.5 Å².